The van der Waals surface area contributed by atoms with E-state index in [1.165, 1.54) is 0 Å². The van der Waals surface area contributed by atoms with Gasteiger partial charge in [0.05, 0.1) is 5.56 Å². The molecule has 0 atom stereocenters. The molecule has 4 nitrogen and oxygen atoms in total. The highest BCUT2D eigenvalue weighted by atomic mass is 79.9. The van der Waals surface area contributed by atoms with Gasteiger partial charge in [0.1, 0.15) is 11.6 Å². The molecule has 100 valence electrons. The maximum Gasteiger partial charge on any atom is 0.256 e. The Kier molecular flexibility index (Phi) is 3.75. The van der Waals surface area contributed by atoms with Crippen LogP contribution >= 0.6 is 15.9 Å². The van der Waals surface area contributed by atoms with Gasteiger partial charge >= 0.3 is 0 Å². The zero-order chi connectivity index (χ0) is 14.2. The van der Waals surface area contributed by atoms with Crippen LogP contribution < -0.4 is 11.3 Å². The number of aromatic amines is 1. The number of halogens is 1. The van der Waals surface area contributed by atoms with Gasteiger partial charge in [-0.25, -0.2) is 4.98 Å². The van der Waals surface area contributed by atoms with Crippen molar-refractivity contribution in [2.75, 3.05) is 5.73 Å². The standard InChI is InChI=1S/C14H16BrN3O/c1-7(2)11-12(16)17-13(18-14(11)19)9-5-4-8(3)6-10(9)15/h4-7H,1-3H3,(H3,16,17,18,19). The number of nitrogens with two attached hydrogens (primary N) is 1. The summed E-state index contributed by atoms with van der Waals surface area (Å²) in [6.07, 6.45) is 0. The first-order valence-corrected chi connectivity index (χ1v) is 6.85. The van der Waals surface area contributed by atoms with Gasteiger partial charge in [-0.15, -0.1) is 0 Å². The van der Waals surface area contributed by atoms with Crippen LogP contribution in [0.1, 0.15) is 30.9 Å². The molecule has 0 aliphatic heterocycles. The molecule has 0 aliphatic carbocycles. The predicted octanol–water partition coefficient (Wildman–Crippen LogP) is 3.21. The third-order valence-electron chi connectivity index (χ3n) is 2.94. The highest BCUT2D eigenvalue weighted by Gasteiger charge is 2.14. The van der Waals surface area contributed by atoms with Crippen LogP contribution in [0.4, 0.5) is 5.82 Å². The van der Waals surface area contributed by atoms with Crippen LogP contribution in [-0.4, -0.2) is 9.97 Å². The van der Waals surface area contributed by atoms with Crippen LogP contribution in [0.15, 0.2) is 27.5 Å². The second kappa shape index (κ2) is 5.17. The molecule has 0 radical (unpaired) electrons. The van der Waals surface area contributed by atoms with Crippen molar-refractivity contribution >= 4 is 21.7 Å². The Labute approximate surface area is 120 Å². The maximum atomic E-state index is 12.1. The number of anilines is 1. The first-order valence-electron chi connectivity index (χ1n) is 6.06. The van der Waals surface area contributed by atoms with Crippen molar-refractivity contribution in [3.05, 3.63) is 44.2 Å². The van der Waals surface area contributed by atoms with Crippen molar-refractivity contribution in [1.82, 2.24) is 9.97 Å². The topological polar surface area (TPSA) is 71.8 Å². The van der Waals surface area contributed by atoms with E-state index in [1.807, 2.05) is 39.0 Å². The van der Waals surface area contributed by atoms with Crippen LogP contribution in [-0.2, 0) is 0 Å². The van der Waals surface area contributed by atoms with Crippen LogP contribution in [0.5, 0.6) is 0 Å². The van der Waals surface area contributed by atoms with Gasteiger partial charge in [0.25, 0.3) is 5.56 Å². The molecule has 0 saturated heterocycles. The molecule has 1 heterocycles. The summed E-state index contributed by atoms with van der Waals surface area (Å²) in [6, 6.07) is 5.85. The lowest BCUT2D eigenvalue weighted by molar-refractivity contribution is 0.837. The number of hydrogen-bond acceptors (Lipinski definition) is 3. The summed E-state index contributed by atoms with van der Waals surface area (Å²) in [5.74, 6) is 0.826. The largest absolute Gasteiger partial charge is 0.383 e. The fraction of sp³-hybridized carbons (Fsp3) is 0.286. The van der Waals surface area contributed by atoms with Crippen LogP contribution in [0, 0.1) is 6.92 Å². The molecule has 0 amide bonds. The number of benzene rings is 1. The molecule has 1 aromatic heterocycles. The molecular weight excluding hydrogens is 306 g/mol. The molecular formula is C14H16BrN3O. The molecule has 0 aliphatic rings. The van der Waals surface area contributed by atoms with Gasteiger partial charge in [-0.2, -0.15) is 0 Å². The Morgan fingerprint density at radius 1 is 1.37 bits per heavy atom. The van der Waals surface area contributed by atoms with Crippen molar-refractivity contribution < 1.29 is 0 Å². The molecule has 0 fully saturated rings. The number of aryl methyl sites for hydroxylation is 1. The van der Waals surface area contributed by atoms with Crippen LogP contribution in [0.25, 0.3) is 11.4 Å². The summed E-state index contributed by atoms with van der Waals surface area (Å²) in [5, 5.41) is 0. The second-order valence-corrected chi connectivity index (χ2v) is 5.71. The summed E-state index contributed by atoms with van der Waals surface area (Å²) in [6.45, 7) is 5.84. The highest BCUT2D eigenvalue weighted by Crippen LogP contribution is 2.27. The van der Waals surface area contributed by atoms with Crippen molar-refractivity contribution in [3.8, 4) is 11.4 Å². The van der Waals surface area contributed by atoms with Crippen molar-refractivity contribution in [3.63, 3.8) is 0 Å². The van der Waals surface area contributed by atoms with Gasteiger partial charge in [0.15, 0.2) is 0 Å². The van der Waals surface area contributed by atoms with Crippen LogP contribution in [0.2, 0.25) is 0 Å². The van der Waals surface area contributed by atoms with Gasteiger partial charge in [0, 0.05) is 10.0 Å². The maximum absolute atomic E-state index is 12.1. The molecule has 0 unspecified atom stereocenters. The zero-order valence-corrected chi connectivity index (χ0v) is 12.7. The van der Waals surface area contributed by atoms with Crippen molar-refractivity contribution in [1.29, 1.82) is 0 Å². The molecule has 0 bridgehead atoms. The average Bonchev–Trinajstić information content (AvgIpc) is 2.26. The van der Waals surface area contributed by atoms with E-state index in [9.17, 15) is 4.79 Å². The SMILES string of the molecule is Cc1ccc(-c2nc(N)c(C(C)C)c(=O)[nH]2)c(Br)c1. The first kappa shape index (κ1) is 13.8. The summed E-state index contributed by atoms with van der Waals surface area (Å²) < 4.78 is 0.882. The quantitative estimate of drug-likeness (QED) is 0.892. The lowest BCUT2D eigenvalue weighted by Gasteiger charge is -2.10. The number of nitrogens with one attached hydrogen (secondary N) is 1. The molecule has 2 rings (SSSR count). The Hall–Kier alpha value is -1.62. The molecule has 19 heavy (non-hydrogen) atoms. The minimum atomic E-state index is -0.176. The van der Waals surface area contributed by atoms with E-state index < -0.39 is 0 Å². The summed E-state index contributed by atoms with van der Waals surface area (Å²) >= 11 is 3.48. The summed E-state index contributed by atoms with van der Waals surface area (Å²) in [5.41, 5.74) is 8.21. The number of hydrogen-bond donors (Lipinski definition) is 2. The first-order chi connectivity index (χ1) is 8.90. The van der Waals surface area contributed by atoms with E-state index in [0.29, 0.717) is 17.2 Å². The van der Waals surface area contributed by atoms with E-state index in [0.717, 1.165) is 15.6 Å². The minimum absolute atomic E-state index is 0.0479. The Morgan fingerprint density at radius 2 is 2.05 bits per heavy atom. The number of aromatic nitrogens is 2. The van der Waals surface area contributed by atoms with E-state index in [-0.39, 0.29) is 11.5 Å². The summed E-state index contributed by atoms with van der Waals surface area (Å²) in [7, 11) is 0. The van der Waals surface area contributed by atoms with E-state index in [1.54, 1.807) is 0 Å². The smallest absolute Gasteiger partial charge is 0.256 e. The molecule has 3 N–H and O–H groups in total. The van der Waals surface area contributed by atoms with E-state index in [4.69, 9.17) is 5.73 Å². The fourth-order valence-corrected chi connectivity index (χ4v) is 2.68. The minimum Gasteiger partial charge on any atom is -0.383 e. The number of H-pyrrole nitrogens is 1. The fourth-order valence-electron chi connectivity index (χ4n) is 2.00. The van der Waals surface area contributed by atoms with Crippen molar-refractivity contribution in [2.45, 2.75) is 26.7 Å². The highest BCUT2D eigenvalue weighted by molar-refractivity contribution is 9.10. The number of nitrogens with zero attached hydrogens (tertiary/aromatic N) is 1. The van der Waals surface area contributed by atoms with Gasteiger partial charge in [-0.3, -0.25) is 4.79 Å². The monoisotopic (exact) mass is 321 g/mol. The number of rotatable bonds is 2. The van der Waals surface area contributed by atoms with Gasteiger partial charge in [-0.05, 0) is 30.5 Å². The molecule has 0 spiro atoms. The second-order valence-electron chi connectivity index (χ2n) is 4.85. The Balaban J connectivity index is 2.62. The molecule has 0 saturated carbocycles. The third kappa shape index (κ3) is 2.71. The van der Waals surface area contributed by atoms with E-state index in [2.05, 4.69) is 25.9 Å². The van der Waals surface area contributed by atoms with Gasteiger partial charge < -0.3 is 10.7 Å². The average molecular weight is 322 g/mol. The third-order valence-corrected chi connectivity index (χ3v) is 3.60. The lowest BCUT2D eigenvalue weighted by atomic mass is 10.1. The van der Waals surface area contributed by atoms with Crippen molar-refractivity contribution in [2.24, 2.45) is 0 Å². The lowest BCUT2D eigenvalue weighted by Crippen LogP contribution is -2.19. The van der Waals surface area contributed by atoms with Crippen LogP contribution in [0.3, 0.4) is 0 Å². The predicted molar refractivity (Wildman–Crippen MR) is 81.2 cm³/mol. The zero-order valence-electron chi connectivity index (χ0n) is 11.1. The molecule has 5 heteroatoms. The Morgan fingerprint density at radius 3 is 2.58 bits per heavy atom. The molecule has 2 aromatic rings. The normalized spacial score (nSPS) is 11.0. The van der Waals surface area contributed by atoms with Gasteiger partial charge in [0.2, 0.25) is 0 Å². The number of nitrogen functional groups attached to an aromatic ring is 1. The Bertz CT molecular complexity index is 677. The van der Waals surface area contributed by atoms with Gasteiger partial charge in [-0.1, -0.05) is 35.8 Å². The molecule has 1 aromatic carbocycles. The van der Waals surface area contributed by atoms with E-state index >= 15 is 0 Å². The summed E-state index contributed by atoms with van der Waals surface area (Å²) in [4.78, 5) is 19.2.